The summed E-state index contributed by atoms with van der Waals surface area (Å²) >= 11 is 0. The Bertz CT molecular complexity index is 1940. The van der Waals surface area contributed by atoms with Gasteiger partial charge in [0.1, 0.15) is 48.6 Å². The van der Waals surface area contributed by atoms with Crippen LogP contribution in [0.4, 0.5) is 0 Å². The van der Waals surface area contributed by atoms with Crippen molar-refractivity contribution in [3.8, 4) is 0 Å². The molecule has 3 rings (SSSR count). The van der Waals surface area contributed by atoms with Gasteiger partial charge in [-0.2, -0.15) is 0 Å². The largest absolute Gasteiger partial charge is 0.396 e. The predicted molar refractivity (Wildman–Crippen MR) is 312 cm³/mol. The van der Waals surface area contributed by atoms with Gasteiger partial charge in [0, 0.05) is 75.7 Å². The van der Waals surface area contributed by atoms with Crippen LogP contribution in [0, 0.1) is 23.7 Å². The van der Waals surface area contributed by atoms with E-state index in [1.54, 1.807) is 41.5 Å². The summed E-state index contributed by atoms with van der Waals surface area (Å²) in [7, 11) is -4.00. The molecule has 16 N–H and O–H groups in total. The third kappa shape index (κ3) is 28.1. The Kier molecular flexibility index (Phi) is 37.2. The molecule has 0 aliphatic carbocycles. The van der Waals surface area contributed by atoms with Gasteiger partial charge in [0.25, 0.3) is 0 Å². The van der Waals surface area contributed by atoms with Gasteiger partial charge in [-0.25, -0.2) is 0 Å². The van der Waals surface area contributed by atoms with Gasteiger partial charge in [-0.15, -0.1) is 0 Å². The minimum atomic E-state index is -4.00. The Balaban J connectivity index is 1.66. The van der Waals surface area contributed by atoms with Crippen LogP contribution in [-0.4, -0.2) is 289 Å². The van der Waals surface area contributed by atoms with Gasteiger partial charge in [-0.1, -0.05) is 20.8 Å². The maximum atomic E-state index is 13.8. The van der Waals surface area contributed by atoms with E-state index < -0.39 is 172 Å². The second kappa shape index (κ2) is 41.4. The third-order valence-electron chi connectivity index (χ3n) is 15.3. The zero-order chi connectivity index (χ0) is 66.3. The first kappa shape index (κ1) is 80.0. The van der Waals surface area contributed by atoms with E-state index in [4.69, 9.17) is 47.2 Å². The summed E-state index contributed by atoms with van der Waals surface area (Å²) in [5, 5.41) is 112. The van der Waals surface area contributed by atoms with Crippen molar-refractivity contribution in [2.24, 2.45) is 23.7 Å². The maximum Gasteiger partial charge on any atom is 0.333 e. The second-order valence-electron chi connectivity index (χ2n) is 23.9. The van der Waals surface area contributed by atoms with Gasteiger partial charge in [-0.05, 0) is 52.9 Å². The quantitative estimate of drug-likeness (QED) is 0.0156. The zero-order valence-corrected chi connectivity index (χ0v) is 53.1. The molecule has 3 aliphatic rings. The van der Waals surface area contributed by atoms with Crippen molar-refractivity contribution in [2.45, 2.75) is 184 Å². The van der Waals surface area contributed by atoms with E-state index in [-0.39, 0.29) is 118 Å². The molecule has 3 aliphatic heterocycles. The minimum absolute atomic E-state index is 0.0649. The number of carbonyl (C=O) groups is 5. The summed E-state index contributed by atoms with van der Waals surface area (Å²) in [6.45, 7) is 6.46. The molecule has 32 nitrogen and oxygen atoms in total. The SMILES string of the molecule is CC1[C@H](OCCCNC(=O)CCOCC(COCCC(=O)NCCCO[C@@H]2OC(CO)[C@H](O)[C@H](O)C2C)(COCCC(=O)NCCCO[C@@H]2OC(CO)[C@H](O)[C@H](O)C2C)NC(=O)CC(=O)NCCCC(CO)COP(=O)(O)C(C)(C)C)OC(CO)[C@H](O)[C@@H]1O. The van der Waals surface area contributed by atoms with E-state index in [0.29, 0.717) is 32.1 Å². The molecule has 5 amide bonds. The van der Waals surface area contributed by atoms with Crippen LogP contribution in [0.3, 0.4) is 0 Å². The number of nitrogens with one attached hydrogen (secondary N) is 5. The maximum absolute atomic E-state index is 13.8. The van der Waals surface area contributed by atoms with Crippen molar-refractivity contribution < 1.29 is 132 Å². The van der Waals surface area contributed by atoms with Crippen molar-refractivity contribution in [1.29, 1.82) is 0 Å². The predicted octanol–water partition coefficient (Wildman–Crippen LogP) is -4.25. The van der Waals surface area contributed by atoms with Gasteiger partial charge in [0.15, 0.2) is 18.9 Å². The van der Waals surface area contributed by atoms with Gasteiger partial charge in [-0.3, -0.25) is 28.5 Å². The lowest BCUT2D eigenvalue weighted by Crippen LogP contribution is -2.59. The molecule has 0 aromatic heterocycles. The highest BCUT2D eigenvalue weighted by Crippen LogP contribution is 2.55. The van der Waals surface area contributed by atoms with E-state index in [1.807, 2.05) is 0 Å². The van der Waals surface area contributed by atoms with Gasteiger partial charge < -0.3 is 130 Å². The van der Waals surface area contributed by atoms with Crippen LogP contribution < -0.4 is 26.6 Å². The van der Waals surface area contributed by atoms with E-state index in [9.17, 15) is 84.5 Å². The van der Waals surface area contributed by atoms with Crippen molar-refractivity contribution in [3.05, 3.63) is 0 Å². The Morgan fingerprint density at radius 3 is 1.16 bits per heavy atom. The topological polar surface area (TPSA) is 477 Å². The Morgan fingerprint density at radius 2 is 0.831 bits per heavy atom. The average molecular weight is 1310 g/mol. The fraction of sp³-hybridized carbons (Fsp3) is 0.911. The third-order valence-corrected chi connectivity index (χ3v) is 17.5. The minimum Gasteiger partial charge on any atom is -0.396 e. The number of hydrogen-bond acceptors (Lipinski definition) is 26. The molecule has 8 unspecified atom stereocenters. The van der Waals surface area contributed by atoms with Crippen LogP contribution in [0.25, 0.3) is 0 Å². The number of ether oxygens (including phenoxy) is 9. The first-order valence-electron chi connectivity index (χ1n) is 30.6. The highest BCUT2D eigenvalue weighted by molar-refractivity contribution is 7.54. The van der Waals surface area contributed by atoms with E-state index >= 15 is 0 Å². The smallest absolute Gasteiger partial charge is 0.333 e. The first-order chi connectivity index (χ1) is 42.1. The lowest BCUT2D eigenvalue weighted by atomic mass is 9.92. The van der Waals surface area contributed by atoms with Crippen molar-refractivity contribution in [2.75, 3.05) is 119 Å². The normalized spacial score (nSPS) is 29.1. The number of rotatable bonds is 44. The summed E-state index contributed by atoms with van der Waals surface area (Å²) < 4.78 is 69.7. The van der Waals surface area contributed by atoms with Crippen molar-refractivity contribution >= 4 is 37.1 Å². The standard InChI is InChI=1S/C56H104N5O27P/c1-34-46(71)49(74)38(27-63)86-52(34)82-19-8-16-57-41(66)12-22-79-31-56(61-45(70)25-44(69)60-15-7-11-37(26-62)30-85-89(77,78)55(4,5)6,32-80-23-13-42(67)58-17-9-20-83-53-35(2)47(72)50(75)39(28-64)87-53)33-81-24-14-43(68)59-18-10-21-84-54-36(3)48(73)51(76)40(29-65)88-54/h34-40,46-54,62-65,71-76H,7-33H2,1-6H3,(H,57,66)(H,58,67)(H,59,68)(H,60,69)(H,61,70)(H,77,78)/t34?,35?,36?,37?,38?,39?,40?,46-,47-,48-,49+,50+,51+,52-,53-,54-,56?/m1/s1. The first-order valence-corrected chi connectivity index (χ1v) is 32.1. The summed E-state index contributed by atoms with van der Waals surface area (Å²) in [4.78, 5) is 76.1. The molecule has 0 bridgehead atoms. The molecule has 33 heteroatoms. The Labute approximate surface area is 520 Å². The molecule has 89 heavy (non-hydrogen) atoms. The summed E-state index contributed by atoms with van der Waals surface area (Å²) in [6.07, 6.45) is -12.9. The van der Waals surface area contributed by atoms with Crippen LogP contribution in [0.15, 0.2) is 0 Å². The van der Waals surface area contributed by atoms with Crippen LogP contribution in [0.5, 0.6) is 0 Å². The Morgan fingerprint density at radius 1 is 0.494 bits per heavy atom. The van der Waals surface area contributed by atoms with E-state index in [1.165, 1.54) is 0 Å². The molecule has 0 radical (unpaired) electrons. The molecule has 3 fully saturated rings. The highest BCUT2D eigenvalue weighted by atomic mass is 31.2. The van der Waals surface area contributed by atoms with Gasteiger partial charge >= 0.3 is 7.60 Å². The molecule has 0 saturated carbocycles. The number of aliphatic hydroxyl groups excluding tert-OH is 10. The lowest BCUT2D eigenvalue weighted by molar-refractivity contribution is -0.282. The second-order valence-corrected chi connectivity index (χ2v) is 26.5. The summed E-state index contributed by atoms with van der Waals surface area (Å²) in [5.41, 5.74) is -1.62. The number of aliphatic hydroxyl groups is 10. The lowest BCUT2D eigenvalue weighted by Gasteiger charge is -2.40. The van der Waals surface area contributed by atoms with Gasteiger partial charge in [0.2, 0.25) is 29.5 Å². The molecule has 520 valence electrons. The molecular weight excluding hydrogens is 1210 g/mol. The van der Waals surface area contributed by atoms with E-state index in [0.717, 1.165) is 0 Å². The van der Waals surface area contributed by atoms with Crippen LogP contribution >= 0.6 is 7.60 Å². The number of amides is 5. The number of carbonyl (C=O) groups excluding carboxylic acids is 5. The number of hydrogen-bond donors (Lipinski definition) is 16. The monoisotopic (exact) mass is 1310 g/mol. The Hall–Kier alpha value is -3.26. The molecule has 0 aromatic carbocycles. The molecule has 0 aromatic rings. The van der Waals surface area contributed by atoms with Crippen LogP contribution in [-0.2, 0) is 75.7 Å². The van der Waals surface area contributed by atoms with E-state index in [2.05, 4.69) is 26.6 Å². The van der Waals surface area contributed by atoms with Crippen molar-refractivity contribution in [1.82, 2.24) is 26.6 Å². The summed E-state index contributed by atoms with van der Waals surface area (Å²) in [5.74, 6) is -5.13. The molecule has 3 saturated heterocycles. The fourth-order valence-corrected chi connectivity index (χ4v) is 10.1. The van der Waals surface area contributed by atoms with Crippen molar-refractivity contribution in [3.63, 3.8) is 0 Å². The van der Waals surface area contributed by atoms with Gasteiger partial charge in [0.05, 0.1) is 109 Å². The molecule has 3 heterocycles. The fourth-order valence-electron chi connectivity index (χ4n) is 9.32. The highest BCUT2D eigenvalue weighted by Gasteiger charge is 2.45. The summed E-state index contributed by atoms with van der Waals surface area (Å²) in [6, 6.07) is 0. The van der Waals surface area contributed by atoms with Crippen LogP contribution in [0.1, 0.15) is 99.3 Å². The molecule has 17 atom stereocenters. The molecule has 0 spiro atoms. The van der Waals surface area contributed by atoms with Crippen LogP contribution in [0.2, 0.25) is 0 Å². The zero-order valence-electron chi connectivity index (χ0n) is 52.2. The molecular formula is C56H104N5O27P. The average Bonchev–Trinajstić information content (AvgIpc) is 2.37.